The first-order valence-electron chi connectivity index (χ1n) is 5.93. The van der Waals surface area contributed by atoms with Gasteiger partial charge in [0.15, 0.2) is 0 Å². The van der Waals surface area contributed by atoms with Crippen molar-refractivity contribution in [3.05, 3.63) is 52.0 Å². The second-order valence-corrected chi connectivity index (χ2v) is 6.80. The maximum atomic E-state index is 12.8. The highest BCUT2D eigenvalue weighted by Crippen LogP contribution is 2.15. The third-order valence-corrected chi connectivity index (χ3v) is 4.88. The zero-order valence-electron chi connectivity index (χ0n) is 10.8. The molecule has 2 rings (SSSR count). The summed E-state index contributed by atoms with van der Waals surface area (Å²) >= 11 is 1.37. The van der Waals surface area contributed by atoms with Crippen LogP contribution >= 0.6 is 11.3 Å². The number of hydrogen-bond acceptors (Lipinski definition) is 4. The van der Waals surface area contributed by atoms with Crippen LogP contribution < -0.4 is 4.72 Å². The molecule has 0 aliphatic carbocycles. The van der Waals surface area contributed by atoms with Crippen LogP contribution in [0, 0.1) is 17.7 Å². The Morgan fingerprint density at radius 3 is 2.67 bits per heavy atom. The molecule has 0 aliphatic rings. The average molecular weight is 325 g/mol. The molecule has 1 aromatic carbocycles. The Kier molecular flexibility index (Phi) is 5.09. The van der Waals surface area contributed by atoms with Gasteiger partial charge in [-0.05, 0) is 30.3 Å². The van der Waals surface area contributed by atoms with Crippen LogP contribution in [0.5, 0.6) is 0 Å². The van der Waals surface area contributed by atoms with Crippen molar-refractivity contribution in [1.82, 2.24) is 4.72 Å². The molecule has 0 amide bonds. The first kappa shape index (κ1) is 15.7. The lowest BCUT2D eigenvalue weighted by molar-refractivity contribution is 0.350. The highest BCUT2D eigenvalue weighted by molar-refractivity contribution is 7.89. The Bertz CT molecular complexity index is 771. The normalized spacial score (nSPS) is 11.0. The quantitative estimate of drug-likeness (QED) is 0.841. The third-order valence-electron chi connectivity index (χ3n) is 2.53. The van der Waals surface area contributed by atoms with E-state index >= 15 is 0 Å². The topological polar surface area (TPSA) is 66.4 Å². The third kappa shape index (κ3) is 4.37. The van der Waals surface area contributed by atoms with Crippen LogP contribution in [0.3, 0.4) is 0 Å². The lowest BCUT2D eigenvalue weighted by Gasteiger charge is -2.05. The number of aliphatic hydroxyl groups is 1. The molecule has 1 aromatic heterocycles. The molecule has 0 atom stereocenters. The van der Waals surface area contributed by atoms with Gasteiger partial charge in [0.25, 0.3) is 0 Å². The maximum absolute atomic E-state index is 12.8. The highest BCUT2D eigenvalue weighted by atomic mass is 32.2. The summed E-state index contributed by atoms with van der Waals surface area (Å²) in [6.45, 7) is -0.0897. The number of rotatable bonds is 4. The van der Waals surface area contributed by atoms with E-state index < -0.39 is 15.8 Å². The Labute approximate surface area is 126 Å². The Hall–Kier alpha value is -1.72. The summed E-state index contributed by atoms with van der Waals surface area (Å²) < 4.78 is 39.2. The van der Waals surface area contributed by atoms with Gasteiger partial charge in [0.1, 0.15) is 12.4 Å². The fourth-order valence-electron chi connectivity index (χ4n) is 1.54. The van der Waals surface area contributed by atoms with Gasteiger partial charge in [0, 0.05) is 22.4 Å². The predicted octanol–water partition coefficient (Wildman–Crippen LogP) is 1.71. The molecule has 0 aliphatic heterocycles. The van der Waals surface area contributed by atoms with E-state index in [1.807, 2.05) is 0 Å². The van der Waals surface area contributed by atoms with Crippen molar-refractivity contribution in [3.8, 4) is 11.8 Å². The summed E-state index contributed by atoms with van der Waals surface area (Å²) in [5.74, 6) is 4.77. The maximum Gasteiger partial charge on any atom is 0.240 e. The fraction of sp³-hybridized carbons (Fsp3) is 0.143. The Balaban J connectivity index is 2.05. The molecule has 0 unspecified atom stereocenters. The van der Waals surface area contributed by atoms with E-state index in [-0.39, 0.29) is 18.0 Å². The van der Waals surface area contributed by atoms with Crippen LogP contribution in [0.15, 0.2) is 40.6 Å². The van der Waals surface area contributed by atoms with E-state index in [2.05, 4.69) is 16.6 Å². The first-order valence-corrected chi connectivity index (χ1v) is 8.30. The predicted molar refractivity (Wildman–Crippen MR) is 78.7 cm³/mol. The van der Waals surface area contributed by atoms with E-state index in [1.54, 1.807) is 11.4 Å². The number of nitrogens with one attached hydrogen (secondary N) is 1. The van der Waals surface area contributed by atoms with Gasteiger partial charge in [0.2, 0.25) is 10.0 Å². The summed E-state index contributed by atoms with van der Waals surface area (Å²) in [5, 5.41) is 10.4. The molecule has 0 bridgehead atoms. The molecule has 7 heteroatoms. The summed E-state index contributed by atoms with van der Waals surface area (Å²) in [4.78, 5) is 0.809. The SMILES string of the molecule is O=S(=O)(NCc1cc(C#CCO)cs1)c1ccc(F)cc1. The van der Waals surface area contributed by atoms with Gasteiger partial charge in [-0.3, -0.25) is 0 Å². The van der Waals surface area contributed by atoms with Gasteiger partial charge < -0.3 is 5.11 Å². The van der Waals surface area contributed by atoms with E-state index in [4.69, 9.17) is 5.11 Å². The smallest absolute Gasteiger partial charge is 0.240 e. The van der Waals surface area contributed by atoms with Crippen molar-refractivity contribution in [2.45, 2.75) is 11.4 Å². The minimum Gasteiger partial charge on any atom is -0.384 e. The Morgan fingerprint density at radius 2 is 2.00 bits per heavy atom. The number of benzene rings is 1. The van der Waals surface area contributed by atoms with E-state index in [9.17, 15) is 12.8 Å². The average Bonchev–Trinajstić information content (AvgIpc) is 2.91. The summed E-state index contributed by atoms with van der Waals surface area (Å²) in [5.41, 5.74) is 0.727. The lowest BCUT2D eigenvalue weighted by atomic mass is 10.3. The van der Waals surface area contributed by atoms with E-state index in [0.29, 0.717) is 0 Å². The zero-order valence-corrected chi connectivity index (χ0v) is 12.5. The minimum atomic E-state index is -3.67. The van der Waals surface area contributed by atoms with E-state index in [0.717, 1.165) is 22.6 Å². The number of thiophene rings is 1. The van der Waals surface area contributed by atoms with Crippen LogP contribution in [-0.4, -0.2) is 20.1 Å². The van der Waals surface area contributed by atoms with Gasteiger partial charge in [-0.25, -0.2) is 17.5 Å². The molecule has 21 heavy (non-hydrogen) atoms. The Morgan fingerprint density at radius 1 is 1.29 bits per heavy atom. The van der Waals surface area contributed by atoms with Gasteiger partial charge in [-0.15, -0.1) is 11.3 Å². The van der Waals surface area contributed by atoms with Crippen LogP contribution in [0.25, 0.3) is 0 Å². The van der Waals surface area contributed by atoms with Crippen molar-refractivity contribution in [3.63, 3.8) is 0 Å². The fourth-order valence-corrected chi connectivity index (χ4v) is 3.40. The van der Waals surface area contributed by atoms with Crippen molar-refractivity contribution in [2.24, 2.45) is 0 Å². The van der Waals surface area contributed by atoms with Gasteiger partial charge in [-0.2, -0.15) is 0 Å². The summed E-state index contributed by atoms with van der Waals surface area (Å²) in [6.07, 6.45) is 0. The van der Waals surface area contributed by atoms with Gasteiger partial charge in [-0.1, -0.05) is 11.8 Å². The summed E-state index contributed by atoms with van der Waals surface area (Å²) in [7, 11) is -3.67. The van der Waals surface area contributed by atoms with Gasteiger partial charge >= 0.3 is 0 Å². The molecule has 0 saturated carbocycles. The van der Waals surface area contributed by atoms with Crippen LogP contribution in [0.2, 0.25) is 0 Å². The molecule has 0 spiro atoms. The second-order valence-electron chi connectivity index (χ2n) is 4.04. The van der Waals surface area contributed by atoms with Crippen molar-refractivity contribution in [1.29, 1.82) is 0 Å². The second kappa shape index (κ2) is 6.83. The molecular weight excluding hydrogens is 313 g/mol. The first-order chi connectivity index (χ1) is 10.0. The number of halogens is 1. The molecule has 0 saturated heterocycles. The van der Waals surface area contributed by atoms with E-state index in [1.165, 1.54) is 23.5 Å². The van der Waals surface area contributed by atoms with Crippen molar-refractivity contribution in [2.75, 3.05) is 6.61 Å². The molecule has 110 valence electrons. The lowest BCUT2D eigenvalue weighted by Crippen LogP contribution is -2.22. The number of sulfonamides is 1. The van der Waals surface area contributed by atoms with Crippen molar-refractivity contribution >= 4 is 21.4 Å². The van der Waals surface area contributed by atoms with Crippen molar-refractivity contribution < 1.29 is 17.9 Å². The molecule has 2 N–H and O–H groups in total. The highest BCUT2D eigenvalue weighted by Gasteiger charge is 2.13. The molecule has 0 radical (unpaired) electrons. The van der Waals surface area contributed by atoms with Crippen LogP contribution in [0.1, 0.15) is 10.4 Å². The zero-order chi connectivity index (χ0) is 15.3. The standard InChI is InChI=1S/C14H12FNO3S2/c15-12-3-5-14(6-4-12)21(18,19)16-9-13-8-11(10-20-13)2-1-7-17/h3-6,8,10,16-17H,7,9H2. The molecule has 2 aromatic rings. The monoisotopic (exact) mass is 325 g/mol. The largest absolute Gasteiger partial charge is 0.384 e. The van der Waals surface area contributed by atoms with Crippen LogP contribution in [-0.2, 0) is 16.6 Å². The minimum absolute atomic E-state index is 0.0146. The summed E-state index contributed by atoms with van der Waals surface area (Å²) in [6, 6.07) is 6.37. The molecule has 0 fully saturated rings. The van der Waals surface area contributed by atoms with Crippen LogP contribution in [0.4, 0.5) is 4.39 Å². The van der Waals surface area contributed by atoms with Gasteiger partial charge in [0.05, 0.1) is 4.90 Å². The molecular formula is C14H12FNO3S2. The number of aliphatic hydroxyl groups excluding tert-OH is 1. The molecule has 4 nitrogen and oxygen atoms in total. The molecule has 1 heterocycles. The number of hydrogen-bond donors (Lipinski definition) is 2.